The van der Waals surface area contributed by atoms with Crippen LogP contribution in [0.1, 0.15) is 25.3 Å². The van der Waals surface area contributed by atoms with E-state index in [1.807, 2.05) is 24.3 Å². The Hall–Kier alpha value is -0.870. The topological polar surface area (TPSA) is 49.3 Å². The largest absolute Gasteiger partial charge is 0.390 e. The SMILES string of the molecule is CNC(=O)[C@]1(c2cccc(Br)c2)C[C@](C)(O)C1. The number of carbonyl (C=O) groups excluding carboxylic acids is 1. The van der Waals surface area contributed by atoms with Gasteiger partial charge in [-0.15, -0.1) is 0 Å². The molecule has 92 valence electrons. The van der Waals surface area contributed by atoms with Gasteiger partial charge in [0.2, 0.25) is 5.91 Å². The number of hydrogen-bond acceptors (Lipinski definition) is 2. The van der Waals surface area contributed by atoms with Crippen LogP contribution >= 0.6 is 15.9 Å². The van der Waals surface area contributed by atoms with Gasteiger partial charge in [0.15, 0.2) is 0 Å². The minimum absolute atomic E-state index is 0.0258. The van der Waals surface area contributed by atoms with Crippen LogP contribution in [0.3, 0.4) is 0 Å². The summed E-state index contributed by atoms with van der Waals surface area (Å²) in [6, 6.07) is 7.73. The Labute approximate surface area is 109 Å². The fraction of sp³-hybridized carbons (Fsp3) is 0.462. The molecule has 1 aromatic rings. The zero-order valence-corrected chi connectivity index (χ0v) is 11.5. The molecule has 2 rings (SSSR count). The Balaban J connectivity index is 2.40. The highest BCUT2D eigenvalue weighted by atomic mass is 79.9. The zero-order valence-electron chi connectivity index (χ0n) is 9.96. The summed E-state index contributed by atoms with van der Waals surface area (Å²) in [6.45, 7) is 1.77. The first-order valence-corrected chi connectivity index (χ1v) is 6.40. The molecule has 0 saturated heterocycles. The number of aliphatic hydroxyl groups is 1. The highest BCUT2D eigenvalue weighted by Gasteiger charge is 2.56. The molecule has 17 heavy (non-hydrogen) atoms. The molecule has 0 aromatic heterocycles. The molecule has 0 atom stereocenters. The van der Waals surface area contributed by atoms with Crippen LogP contribution in [0.25, 0.3) is 0 Å². The number of rotatable bonds is 2. The normalized spacial score (nSPS) is 31.8. The number of benzene rings is 1. The molecule has 1 amide bonds. The summed E-state index contributed by atoms with van der Waals surface area (Å²) >= 11 is 3.41. The minimum Gasteiger partial charge on any atom is -0.390 e. The van der Waals surface area contributed by atoms with E-state index in [0.29, 0.717) is 12.8 Å². The van der Waals surface area contributed by atoms with Gasteiger partial charge in [-0.1, -0.05) is 28.1 Å². The first-order valence-electron chi connectivity index (χ1n) is 5.60. The maximum absolute atomic E-state index is 12.1. The molecule has 0 radical (unpaired) electrons. The summed E-state index contributed by atoms with van der Waals surface area (Å²) in [6.07, 6.45) is 0.937. The quantitative estimate of drug-likeness (QED) is 0.877. The second-order valence-electron chi connectivity index (χ2n) is 5.02. The summed E-state index contributed by atoms with van der Waals surface area (Å²) in [5, 5.41) is 12.6. The molecule has 1 aromatic carbocycles. The molecule has 0 heterocycles. The van der Waals surface area contributed by atoms with E-state index in [0.717, 1.165) is 10.0 Å². The average molecular weight is 298 g/mol. The predicted molar refractivity (Wildman–Crippen MR) is 69.7 cm³/mol. The van der Waals surface area contributed by atoms with Crippen molar-refractivity contribution in [2.24, 2.45) is 0 Å². The van der Waals surface area contributed by atoms with Crippen molar-refractivity contribution in [1.29, 1.82) is 0 Å². The van der Waals surface area contributed by atoms with Gasteiger partial charge >= 0.3 is 0 Å². The predicted octanol–water partition coefficient (Wildman–Crippen LogP) is 1.98. The summed E-state index contributed by atoms with van der Waals surface area (Å²) < 4.78 is 0.949. The third kappa shape index (κ3) is 2.11. The van der Waals surface area contributed by atoms with E-state index >= 15 is 0 Å². The van der Waals surface area contributed by atoms with Crippen molar-refractivity contribution in [3.8, 4) is 0 Å². The molecule has 0 bridgehead atoms. The van der Waals surface area contributed by atoms with Crippen molar-refractivity contribution in [2.45, 2.75) is 30.8 Å². The molecule has 1 aliphatic carbocycles. The van der Waals surface area contributed by atoms with E-state index in [-0.39, 0.29) is 5.91 Å². The highest BCUT2D eigenvalue weighted by Crippen LogP contribution is 2.50. The zero-order chi connectivity index (χ0) is 12.7. The summed E-state index contributed by atoms with van der Waals surface area (Å²) in [5.41, 5.74) is -0.366. The summed E-state index contributed by atoms with van der Waals surface area (Å²) in [7, 11) is 1.63. The van der Waals surface area contributed by atoms with Gasteiger partial charge in [0, 0.05) is 11.5 Å². The molecule has 3 nitrogen and oxygen atoms in total. The lowest BCUT2D eigenvalue weighted by Crippen LogP contribution is -2.60. The van der Waals surface area contributed by atoms with E-state index in [1.165, 1.54) is 0 Å². The number of carbonyl (C=O) groups is 1. The lowest BCUT2D eigenvalue weighted by Gasteiger charge is -2.50. The monoisotopic (exact) mass is 297 g/mol. The van der Waals surface area contributed by atoms with Gasteiger partial charge in [-0.25, -0.2) is 0 Å². The lowest BCUT2D eigenvalue weighted by atomic mass is 9.56. The first kappa shape index (κ1) is 12.6. The van der Waals surface area contributed by atoms with Crippen LogP contribution in [0.2, 0.25) is 0 Å². The number of likely N-dealkylation sites (N-methyl/N-ethyl adjacent to an activating group) is 1. The van der Waals surface area contributed by atoms with Crippen molar-refractivity contribution in [3.63, 3.8) is 0 Å². The standard InChI is InChI=1S/C13H16BrNO2/c1-12(17)7-13(8-12,11(16)15-2)9-4-3-5-10(14)6-9/h3-6,17H,7-8H2,1-2H3,(H,15,16)/t12-,13+. The minimum atomic E-state index is -0.741. The first-order chi connectivity index (χ1) is 7.89. The number of nitrogens with one attached hydrogen (secondary N) is 1. The third-order valence-corrected chi connectivity index (χ3v) is 3.90. The van der Waals surface area contributed by atoms with Gasteiger partial charge in [0.05, 0.1) is 11.0 Å². The summed E-state index contributed by atoms with van der Waals surface area (Å²) in [4.78, 5) is 12.1. The van der Waals surface area contributed by atoms with E-state index in [2.05, 4.69) is 21.2 Å². The van der Waals surface area contributed by atoms with E-state index in [9.17, 15) is 9.90 Å². The van der Waals surface area contributed by atoms with Gasteiger partial charge in [-0.2, -0.15) is 0 Å². The Morgan fingerprint density at radius 3 is 2.59 bits per heavy atom. The maximum Gasteiger partial charge on any atom is 0.230 e. The lowest BCUT2D eigenvalue weighted by molar-refractivity contribution is -0.144. The Bertz CT molecular complexity index is 448. The Kier molecular flexibility index (Phi) is 3.04. The van der Waals surface area contributed by atoms with Crippen molar-refractivity contribution in [2.75, 3.05) is 7.05 Å². The molecule has 0 aliphatic heterocycles. The van der Waals surface area contributed by atoms with Gasteiger partial charge in [-0.05, 0) is 37.5 Å². The second kappa shape index (κ2) is 4.10. The van der Waals surface area contributed by atoms with Crippen LogP contribution in [0.4, 0.5) is 0 Å². The van der Waals surface area contributed by atoms with Gasteiger partial charge in [0.1, 0.15) is 0 Å². The molecule has 2 N–H and O–H groups in total. The smallest absolute Gasteiger partial charge is 0.230 e. The molecular formula is C13H16BrNO2. The molecule has 0 spiro atoms. The van der Waals surface area contributed by atoms with Crippen LogP contribution in [-0.2, 0) is 10.2 Å². The van der Waals surface area contributed by atoms with E-state index in [1.54, 1.807) is 14.0 Å². The molecule has 1 saturated carbocycles. The maximum atomic E-state index is 12.1. The Morgan fingerprint density at radius 2 is 2.12 bits per heavy atom. The van der Waals surface area contributed by atoms with E-state index < -0.39 is 11.0 Å². The Morgan fingerprint density at radius 1 is 1.47 bits per heavy atom. The van der Waals surface area contributed by atoms with Crippen LogP contribution in [0.15, 0.2) is 28.7 Å². The fourth-order valence-electron chi connectivity index (χ4n) is 2.77. The molecular weight excluding hydrogens is 282 g/mol. The van der Waals surface area contributed by atoms with Crippen LogP contribution < -0.4 is 5.32 Å². The van der Waals surface area contributed by atoms with Gasteiger partial charge in [-0.3, -0.25) is 4.79 Å². The van der Waals surface area contributed by atoms with E-state index in [4.69, 9.17) is 0 Å². The number of halogens is 1. The number of amides is 1. The summed E-state index contributed by atoms with van der Waals surface area (Å²) in [5.74, 6) is -0.0258. The molecule has 1 fully saturated rings. The van der Waals surface area contributed by atoms with Crippen LogP contribution in [-0.4, -0.2) is 23.7 Å². The van der Waals surface area contributed by atoms with Crippen LogP contribution in [0, 0.1) is 0 Å². The van der Waals surface area contributed by atoms with Crippen molar-refractivity contribution < 1.29 is 9.90 Å². The van der Waals surface area contributed by atoms with Crippen molar-refractivity contribution in [1.82, 2.24) is 5.32 Å². The van der Waals surface area contributed by atoms with Gasteiger partial charge in [0.25, 0.3) is 0 Å². The molecule has 0 unspecified atom stereocenters. The third-order valence-electron chi connectivity index (χ3n) is 3.40. The van der Waals surface area contributed by atoms with Gasteiger partial charge < -0.3 is 10.4 Å². The fourth-order valence-corrected chi connectivity index (χ4v) is 3.17. The van der Waals surface area contributed by atoms with Crippen molar-refractivity contribution >= 4 is 21.8 Å². The van der Waals surface area contributed by atoms with Crippen LogP contribution in [0.5, 0.6) is 0 Å². The number of hydrogen-bond donors (Lipinski definition) is 2. The highest BCUT2D eigenvalue weighted by molar-refractivity contribution is 9.10. The average Bonchev–Trinajstić information content (AvgIpc) is 2.24. The van der Waals surface area contributed by atoms with Crippen molar-refractivity contribution in [3.05, 3.63) is 34.3 Å². The molecule has 4 heteroatoms. The second-order valence-corrected chi connectivity index (χ2v) is 5.94. The molecule has 1 aliphatic rings.